The molecule has 1 aliphatic rings. The Hall–Kier alpha value is -1.68. The molecule has 2 aromatic carbocycles. The molecule has 25 heavy (non-hydrogen) atoms. The summed E-state index contributed by atoms with van der Waals surface area (Å²) >= 11 is 0. The summed E-state index contributed by atoms with van der Waals surface area (Å²) in [6.07, 6.45) is 1.69. The van der Waals surface area contributed by atoms with Crippen LogP contribution in [0.3, 0.4) is 0 Å². The topological polar surface area (TPSA) is 32.7 Å². The summed E-state index contributed by atoms with van der Waals surface area (Å²) in [7, 11) is 0. The van der Waals surface area contributed by atoms with Crippen LogP contribution in [0.5, 0.6) is 0 Å². The van der Waals surface area contributed by atoms with E-state index >= 15 is 0 Å². The first-order valence-electron chi connectivity index (χ1n) is 9.37. The number of benzene rings is 2. The second kappa shape index (κ2) is 8.61. The molecule has 3 heteroatoms. The van der Waals surface area contributed by atoms with Gasteiger partial charge in [-0.2, -0.15) is 0 Å². The van der Waals surface area contributed by atoms with E-state index in [0.717, 1.165) is 51.3 Å². The van der Waals surface area contributed by atoms with Crippen molar-refractivity contribution >= 4 is 0 Å². The second-order valence-corrected chi connectivity index (χ2v) is 6.92. The Labute approximate surface area is 151 Å². The van der Waals surface area contributed by atoms with Crippen LogP contribution in [0.2, 0.25) is 0 Å². The van der Waals surface area contributed by atoms with Gasteiger partial charge in [-0.05, 0) is 17.5 Å². The predicted molar refractivity (Wildman–Crippen MR) is 102 cm³/mol. The summed E-state index contributed by atoms with van der Waals surface area (Å²) in [4.78, 5) is 2.42. The van der Waals surface area contributed by atoms with Gasteiger partial charge in [-0.3, -0.25) is 4.90 Å². The maximum absolute atomic E-state index is 11.9. The fourth-order valence-corrected chi connectivity index (χ4v) is 3.89. The summed E-state index contributed by atoms with van der Waals surface area (Å²) in [6.45, 7) is 6.40. The first-order chi connectivity index (χ1) is 12.2. The normalized spacial score (nSPS) is 19.3. The second-order valence-electron chi connectivity index (χ2n) is 6.92. The summed E-state index contributed by atoms with van der Waals surface area (Å²) in [6, 6.07) is 20.6. The van der Waals surface area contributed by atoms with Crippen LogP contribution < -0.4 is 0 Å². The molecular weight excluding hydrogens is 310 g/mol. The van der Waals surface area contributed by atoms with Crippen molar-refractivity contribution in [3.05, 3.63) is 71.8 Å². The van der Waals surface area contributed by atoms with Crippen LogP contribution in [-0.2, 0) is 10.3 Å². The summed E-state index contributed by atoms with van der Waals surface area (Å²) < 4.78 is 5.50. The summed E-state index contributed by atoms with van der Waals surface area (Å²) in [5.41, 5.74) is 1.35. The van der Waals surface area contributed by atoms with Gasteiger partial charge in [0.1, 0.15) is 0 Å². The number of rotatable bonds is 7. The zero-order chi connectivity index (χ0) is 17.5. The Bertz CT molecular complexity index is 625. The summed E-state index contributed by atoms with van der Waals surface area (Å²) in [5.74, 6) is 0.0362. The highest BCUT2D eigenvalue weighted by atomic mass is 16.5. The number of hydrogen-bond donors (Lipinski definition) is 1. The van der Waals surface area contributed by atoms with Crippen LogP contribution in [0, 0.1) is 0 Å². The lowest BCUT2D eigenvalue weighted by Crippen LogP contribution is -2.45. The van der Waals surface area contributed by atoms with Crippen molar-refractivity contribution < 1.29 is 9.84 Å². The van der Waals surface area contributed by atoms with Gasteiger partial charge < -0.3 is 9.84 Å². The molecule has 1 heterocycles. The lowest BCUT2D eigenvalue weighted by molar-refractivity contribution is -0.0285. The highest BCUT2D eigenvalue weighted by Gasteiger charge is 2.39. The molecule has 1 aliphatic heterocycles. The third-order valence-electron chi connectivity index (χ3n) is 5.23. The highest BCUT2D eigenvalue weighted by molar-refractivity contribution is 5.31. The molecule has 1 saturated heterocycles. The maximum atomic E-state index is 11.9. The number of nitrogens with zero attached hydrogens (tertiary/aromatic N) is 1. The molecule has 0 spiro atoms. The van der Waals surface area contributed by atoms with Gasteiger partial charge >= 0.3 is 0 Å². The van der Waals surface area contributed by atoms with Gasteiger partial charge in [0, 0.05) is 25.6 Å². The Morgan fingerprint density at radius 2 is 1.60 bits per heavy atom. The maximum Gasteiger partial charge on any atom is 0.0976 e. The number of hydrogen-bond acceptors (Lipinski definition) is 3. The van der Waals surface area contributed by atoms with Gasteiger partial charge in [0.2, 0.25) is 0 Å². The van der Waals surface area contributed by atoms with Gasteiger partial charge in [0.15, 0.2) is 0 Å². The molecule has 0 radical (unpaired) electrons. The van der Waals surface area contributed by atoms with Crippen LogP contribution in [0.25, 0.3) is 0 Å². The molecule has 0 amide bonds. The van der Waals surface area contributed by atoms with Gasteiger partial charge in [0.25, 0.3) is 0 Å². The van der Waals surface area contributed by atoms with E-state index < -0.39 is 5.60 Å². The van der Waals surface area contributed by atoms with Crippen LogP contribution in [-0.4, -0.2) is 42.9 Å². The van der Waals surface area contributed by atoms with E-state index in [-0.39, 0.29) is 5.92 Å². The number of ether oxygens (including phenoxy) is 1. The molecule has 0 saturated carbocycles. The smallest absolute Gasteiger partial charge is 0.0976 e. The van der Waals surface area contributed by atoms with E-state index in [4.69, 9.17) is 4.74 Å². The van der Waals surface area contributed by atoms with Gasteiger partial charge in [-0.15, -0.1) is 0 Å². The van der Waals surface area contributed by atoms with Crippen molar-refractivity contribution in [1.29, 1.82) is 0 Å². The van der Waals surface area contributed by atoms with Crippen LogP contribution >= 0.6 is 0 Å². The van der Waals surface area contributed by atoms with Gasteiger partial charge in [-0.25, -0.2) is 0 Å². The van der Waals surface area contributed by atoms with E-state index in [2.05, 4.69) is 48.2 Å². The van der Waals surface area contributed by atoms with Crippen LogP contribution in [0.15, 0.2) is 60.7 Å². The minimum absolute atomic E-state index is 0.0362. The minimum Gasteiger partial charge on any atom is -0.384 e. The van der Waals surface area contributed by atoms with Crippen LogP contribution in [0.4, 0.5) is 0 Å². The lowest BCUT2D eigenvalue weighted by Gasteiger charge is -2.41. The molecule has 1 N–H and O–H groups in total. The van der Waals surface area contributed by atoms with E-state index in [9.17, 15) is 5.11 Å². The highest BCUT2D eigenvalue weighted by Crippen LogP contribution is 2.41. The van der Waals surface area contributed by atoms with Crippen molar-refractivity contribution in [3.8, 4) is 0 Å². The largest absolute Gasteiger partial charge is 0.384 e. The average Bonchev–Trinajstić information content (AvgIpc) is 2.68. The Kier molecular flexibility index (Phi) is 6.24. The fourth-order valence-electron chi connectivity index (χ4n) is 3.89. The molecule has 134 valence electrons. The molecular formula is C22H29NO2. The first-order valence-corrected chi connectivity index (χ1v) is 9.37. The first kappa shape index (κ1) is 18.1. The Morgan fingerprint density at radius 3 is 2.20 bits per heavy atom. The van der Waals surface area contributed by atoms with Crippen molar-refractivity contribution in [2.24, 2.45) is 0 Å². The van der Waals surface area contributed by atoms with Gasteiger partial charge in [0.05, 0.1) is 18.8 Å². The van der Waals surface area contributed by atoms with Crippen molar-refractivity contribution in [2.75, 3.05) is 32.8 Å². The zero-order valence-electron chi connectivity index (χ0n) is 15.1. The molecule has 0 aromatic heterocycles. The summed E-state index contributed by atoms with van der Waals surface area (Å²) in [5, 5.41) is 11.9. The minimum atomic E-state index is -0.865. The average molecular weight is 339 g/mol. The Balaban J connectivity index is 1.97. The van der Waals surface area contributed by atoms with Crippen molar-refractivity contribution in [2.45, 2.75) is 31.3 Å². The fraction of sp³-hybridized carbons (Fsp3) is 0.455. The van der Waals surface area contributed by atoms with Crippen molar-refractivity contribution in [3.63, 3.8) is 0 Å². The lowest BCUT2D eigenvalue weighted by atomic mass is 9.74. The quantitative estimate of drug-likeness (QED) is 0.833. The predicted octanol–water partition coefficient (Wildman–Crippen LogP) is 3.79. The third-order valence-corrected chi connectivity index (χ3v) is 5.23. The molecule has 0 bridgehead atoms. The molecule has 2 atom stereocenters. The molecule has 2 aromatic rings. The van der Waals surface area contributed by atoms with Crippen LogP contribution in [0.1, 0.15) is 36.8 Å². The van der Waals surface area contributed by atoms with E-state index in [1.54, 1.807) is 0 Å². The monoisotopic (exact) mass is 339 g/mol. The number of morpholine rings is 1. The Morgan fingerprint density at radius 1 is 1.00 bits per heavy atom. The van der Waals surface area contributed by atoms with Crippen molar-refractivity contribution in [1.82, 2.24) is 4.90 Å². The molecule has 1 fully saturated rings. The standard InChI is InChI=1S/C22H29NO2/c1-2-13-22(24,20-11-7-4-8-12-20)21(19-9-5-3-6-10-19)18-23-14-16-25-17-15-23/h3-12,21,24H,2,13-18H2,1H3/t21-,22+/m1/s1. The van der Waals surface area contributed by atoms with E-state index in [0.29, 0.717) is 0 Å². The molecule has 0 unspecified atom stereocenters. The van der Waals surface area contributed by atoms with E-state index in [1.165, 1.54) is 5.56 Å². The molecule has 0 aliphatic carbocycles. The molecule has 3 rings (SSSR count). The number of aliphatic hydroxyl groups is 1. The van der Waals surface area contributed by atoms with Gasteiger partial charge in [-0.1, -0.05) is 74.0 Å². The molecule has 3 nitrogen and oxygen atoms in total. The third kappa shape index (κ3) is 4.30. The van der Waals surface area contributed by atoms with E-state index in [1.807, 2.05) is 24.3 Å². The SMILES string of the molecule is CCC[C@](O)(c1ccccc1)[C@H](CN1CCOCC1)c1ccccc1. The zero-order valence-corrected chi connectivity index (χ0v) is 15.1.